The summed E-state index contributed by atoms with van der Waals surface area (Å²) in [7, 11) is 4.38. The molecule has 0 spiro atoms. The standard InChI is InChI=1S/C17H29N3/c1-14-4-6-15(7-5-14)17(18)10-13-20-11-8-16(9-12-20)19(2)3/h4-7,16-17H,8-13,18H2,1-3H3. The molecule has 0 saturated carbocycles. The first-order valence-corrected chi connectivity index (χ1v) is 7.77. The van der Waals surface area contributed by atoms with Crippen LogP contribution in [0.1, 0.15) is 36.4 Å². The average molecular weight is 275 g/mol. The third kappa shape index (κ3) is 4.30. The van der Waals surface area contributed by atoms with Gasteiger partial charge in [-0.2, -0.15) is 0 Å². The first-order chi connectivity index (χ1) is 9.56. The van der Waals surface area contributed by atoms with Gasteiger partial charge in [0.25, 0.3) is 0 Å². The highest BCUT2D eigenvalue weighted by Crippen LogP contribution is 2.18. The molecule has 112 valence electrons. The van der Waals surface area contributed by atoms with Crippen molar-refractivity contribution in [2.75, 3.05) is 33.7 Å². The summed E-state index contributed by atoms with van der Waals surface area (Å²) in [5, 5.41) is 0. The molecule has 1 unspecified atom stereocenters. The smallest absolute Gasteiger partial charge is 0.0307 e. The van der Waals surface area contributed by atoms with Crippen LogP contribution in [0.5, 0.6) is 0 Å². The van der Waals surface area contributed by atoms with Crippen molar-refractivity contribution >= 4 is 0 Å². The predicted octanol–water partition coefficient (Wildman–Crippen LogP) is 2.41. The normalized spacial score (nSPS) is 19.4. The van der Waals surface area contributed by atoms with Crippen molar-refractivity contribution in [3.05, 3.63) is 35.4 Å². The van der Waals surface area contributed by atoms with Crippen LogP contribution in [0.3, 0.4) is 0 Å². The summed E-state index contributed by atoms with van der Waals surface area (Å²) in [6.07, 6.45) is 3.62. The first kappa shape index (κ1) is 15.5. The number of benzene rings is 1. The lowest BCUT2D eigenvalue weighted by Gasteiger charge is -2.35. The van der Waals surface area contributed by atoms with Crippen LogP contribution in [0.4, 0.5) is 0 Å². The van der Waals surface area contributed by atoms with Crippen molar-refractivity contribution in [3.63, 3.8) is 0 Å². The number of likely N-dealkylation sites (tertiary alicyclic amines) is 1. The van der Waals surface area contributed by atoms with Gasteiger partial charge in [0.05, 0.1) is 0 Å². The van der Waals surface area contributed by atoms with Crippen LogP contribution in [0.15, 0.2) is 24.3 Å². The SMILES string of the molecule is Cc1ccc(C(N)CCN2CCC(N(C)C)CC2)cc1. The van der Waals surface area contributed by atoms with Crippen molar-refractivity contribution in [2.45, 2.75) is 38.3 Å². The van der Waals surface area contributed by atoms with Gasteiger partial charge in [0.1, 0.15) is 0 Å². The van der Waals surface area contributed by atoms with Crippen molar-refractivity contribution in [1.82, 2.24) is 9.80 Å². The van der Waals surface area contributed by atoms with Crippen LogP contribution >= 0.6 is 0 Å². The second-order valence-electron chi connectivity index (χ2n) is 6.34. The predicted molar refractivity (Wildman–Crippen MR) is 85.9 cm³/mol. The topological polar surface area (TPSA) is 32.5 Å². The molecule has 20 heavy (non-hydrogen) atoms. The molecule has 3 nitrogen and oxygen atoms in total. The molecule has 0 aromatic heterocycles. The second kappa shape index (κ2) is 7.21. The maximum atomic E-state index is 6.30. The van der Waals surface area contributed by atoms with Gasteiger partial charge in [0.15, 0.2) is 0 Å². The van der Waals surface area contributed by atoms with Gasteiger partial charge in [-0.3, -0.25) is 0 Å². The molecule has 1 aliphatic rings. The number of aryl methyl sites for hydroxylation is 1. The highest BCUT2D eigenvalue weighted by molar-refractivity contribution is 5.23. The highest BCUT2D eigenvalue weighted by Gasteiger charge is 2.20. The van der Waals surface area contributed by atoms with E-state index >= 15 is 0 Å². The zero-order valence-electron chi connectivity index (χ0n) is 13.2. The highest BCUT2D eigenvalue weighted by atomic mass is 15.2. The Morgan fingerprint density at radius 2 is 1.80 bits per heavy atom. The molecule has 1 fully saturated rings. The monoisotopic (exact) mass is 275 g/mol. The van der Waals surface area contributed by atoms with Crippen LogP contribution in [0.2, 0.25) is 0 Å². The Morgan fingerprint density at radius 1 is 1.20 bits per heavy atom. The maximum Gasteiger partial charge on any atom is 0.0307 e. The number of piperidine rings is 1. The van der Waals surface area contributed by atoms with Crippen LogP contribution in [0.25, 0.3) is 0 Å². The molecular weight excluding hydrogens is 246 g/mol. The van der Waals surface area contributed by atoms with Gasteiger partial charge in [0, 0.05) is 12.1 Å². The number of nitrogens with zero attached hydrogens (tertiary/aromatic N) is 2. The molecule has 1 heterocycles. The first-order valence-electron chi connectivity index (χ1n) is 7.77. The van der Waals surface area contributed by atoms with Crippen molar-refractivity contribution < 1.29 is 0 Å². The van der Waals surface area contributed by atoms with Gasteiger partial charge >= 0.3 is 0 Å². The number of nitrogens with two attached hydrogens (primary N) is 1. The second-order valence-corrected chi connectivity index (χ2v) is 6.34. The largest absolute Gasteiger partial charge is 0.324 e. The molecule has 0 amide bonds. The summed E-state index contributed by atoms with van der Waals surface area (Å²) < 4.78 is 0. The Bertz CT molecular complexity index is 391. The van der Waals surface area contributed by atoms with Gasteiger partial charge in [-0.05, 0) is 65.5 Å². The Balaban J connectivity index is 1.74. The fraction of sp³-hybridized carbons (Fsp3) is 0.647. The summed E-state index contributed by atoms with van der Waals surface area (Å²) >= 11 is 0. The molecule has 3 heteroatoms. The molecule has 1 saturated heterocycles. The van der Waals surface area contributed by atoms with Crippen LogP contribution in [-0.4, -0.2) is 49.6 Å². The van der Waals surface area contributed by atoms with E-state index in [0.29, 0.717) is 0 Å². The fourth-order valence-corrected chi connectivity index (χ4v) is 2.96. The summed E-state index contributed by atoms with van der Waals surface area (Å²) in [5.41, 5.74) is 8.86. The molecule has 1 aromatic rings. The summed E-state index contributed by atoms with van der Waals surface area (Å²) in [4.78, 5) is 4.92. The quantitative estimate of drug-likeness (QED) is 0.895. The zero-order valence-corrected chi connectivity index (χ0v) is 13.2. The minimum atomic E-state index is 0.169. The minimum absolute atomic E-state index is 0.169. The molecular formula is C17H29N3. The number of hydrogen-bond acceptors (Lipinski definition) is 3. The van der Waals surface area contributed by atoms with E-state index in [1.165, 1.54) is 37.1 Å². The van der Waals surface area contributed by atoms with Crippen molar-refractivity contribution in [1.29, 1.82) is 0 Å². The molecule has 1 aromatic carbocycles. The Hall–Kier alpha value is -0.900. The molecule has 2 N–H and O–H groups in total. The Morgan fingerprint density at radius 3 is 2.35 bits per heavy atom. The summed E-state index contributed by atoms with van der Waals surface area (Å²) in [5.74, 6) is 0. The van der Waals surface area contributed by atoms with Gasteiger partial charge in [-0.15, -0.1) is 0 Å². The lowest BCUT2D eigenvalue weighted by molar-refractivity contribution is 0.142. The Labute approximate surface area is 123 Å². The lowest BCUT2D eigenvalue weighted by atomic mass is 10.0. The van der Waals surface area contributed by atoms with E-state index in [0.717, 1.165) is 19.0 Å². The van der Waals surface area contributed by atoms with E-state index in [2.05, 4.69) is 55.1 Å². The van der Waals surface area contributed by atoms with Crippen molar-refractivity contribution in [2.24, 2.45) is 5.73 Å². The van der Waals surface area contributed by atoms with E-state index in [9.17, 15) is 0 Å². The molecule has 1 aliphatic heterocycles. The maximum absolute atomic E-state index is 6.30. The van der Waals surface area contributed by atoms with E-state index in [-0.39, 0.29) is 6.04 Å². The van der Waals surface area contributed by atoms with E-state index in [1.54, 1.807) is 0 Å². The molecule has 2 rings (SSSR count). The van der Waals surface area contributed by atoms with Gasteiger partial charge in [-0.25, -0.2) is 0 Å². The van der Waals surface area contributed by atoms with E-state index < -0.39 is 0 Å². The molecule has 0 aliphatic carbocycles. The molecule has 1 atom stereocenters. The average Bonchev–Trinajstić information content (AvgIpc) is 2.46. The Kier molecular flexibility index (Phi) is 5.58. The summed E-state index contributed by atoms with van der Waals surface area (Å²) in [6, 6.07) is 9.56. The van der Waals surface area contributed by atoms with Gasteiger partial charge in [-0.1, -0.05) is 29.8 Å². The fourth-order valence-electron chi connectivity index (χ4n) is 2.96. The molecule has 0 bridgehead atoms. The third-order valence-electron chi connectivity index (χ3n) is 4.55. The number of hydrogen-bond donors (Lipinski definition) is 1. The third-order valence-corrected chi connectivity index (χ3v) is 4.55. The van der Waals surface area contributed by atoms with Crippen LogP contribution in [-0.2, 0) is 0 Å². The zero-order chi connectivity index (χ0) is 14.5. The lowest BCUT2D eigenvalue weighted by Crippen LogP contribution is -2.42. The van der Waals surface area contributed by atoms with Crippen molar-refractivity contribution in [3.8, 4) is 0 Å². The summed E-state index contributed by atoms with van der Waals surface area (Å²) in [6.45, 7) is 5.66. The molecule has 0 radical (unpaired) electrons. The van der Waals surface area contributed by atoms with Crippen LogP contribution in [0, 0.1) is 6.92 Å². The van der Waals surface area contributed by atoms with E-state index in [4.69, 9.17) is 5.73 Å². The number of rotatable bonds is 5. The van der Waals surface area contributed by atoms with Gasteiger partial charge in [0.2, 0.25) is 0 Å². The van der Waals surface area contributed by atoms with Crippen LogP contribution < -0.4 is 5.73 Å². The minimum Gasteiger partial charge on any atom is -0.324 e. The van der Waals surface area contributed by atoms with Gasteiger partial charge < -0.3 is 15.5 Å². The van der Waals surface area contributed by atoms with E-state index in [1.807, 2.05) is 0 Å².